The zero-order valence-electron chi connectivity index (χ0n) is 13.2. The average molecular weight is 337 g/mol. The Bertz CT molecular complexity index is 628. The molecular formula is C16H20FN3O4. The van der Waals surface area contributed by atoms with Gasteiger partial charge >= 0.3 is 0 Å². The molecule has 0 spiro atoms. The summed E-state index contributed by atoms with van der Waals surface area (Å²) in [5, 5.41) is 32.1. The molecular weight excluding hydrogens is 317 g/mol. The van der Waals surface area contributed by atoms with Crippen LogP contribution in [0.2, 0.25) is 0 Å². The molecule has 1 aromatic rings. The molecule has 1 aliphatic rings. The number of carbonyl (C=O) groups is 1. The number of aromatic nitrogens is 1. The quantitative estimate of drug-likeness (QED) is 0.393. The number of aliphatic hydroxyl groups excluding tert-OH is 3. The lowest BCUT2D eigenvalue weighted by Gasteiger charge is -2.27. The molecule has 4 atom stereocenters. The third kappa shape index (κ3) is 4.07. The molecule has 1 saturated heterocycles. The van der Waals surface area contributed by atoms with E-state index in [2.05, 4.69) is 22.1 Å². The van der Waals surface area contributed by atoms with Crippen molar-refractivity contribution in [1.82, 2.24) is 15.2 Å². The molecule has 1 aromatic heterocycles. The van der Waals surface area contributed by atoms with E-state index in [1.807, 2.05) is 0 Å². The zero-order valence-corrected chi connectivity index (χ0v) is 13.2. The fourth-order valence-corrected chi connectivity index (χ4v) is 2.75. The Hall–Kier alpha value is -2.05. The highest BCUT2D eigenvalue weighted by Crippen LogP contribution is 2.27. The van der Waals surface area contributed by atoms with Crippen LogP contribution in [0.5, 0.6) is 0 Å². The van der Waals surface area contributed by atoms with E-state index in [1.165, 1.54) is 25.4 Å². The predicted molar refractivity (Wildman–Crippen MR) is 83.1 cm³/mol. The second-order valence-electron chi connectivity index (χ2n) is 5.52. The maximum Gasteiger partial charge on any atom is 0.221 e. The molecule has 0 saturated carbocycles. The highest BCUT2D eigenvalue weighted by atomic mass is 19.1. The van der Waals surface area contributed by atoms with Crippen molar-refractivity contribution in [1.29, 1.82) is 0 Å². The summed E-state index contributed by atoms with van der Waals surface area (Å²) in [7, 11) is 1.48. The fraction of sp³-hybridized carbons (Fsp3) is 0.500. The number of hydrogen-bond acceptors (Lipinski definition) is 6. The Morgan fingerprint density at radius 3 is 2.67 bits per heavy atom. The number of halogens is 1. The number of hydrogen-bond donors (Lipinski definition) is 4. The molecule has 1 fully saturated rings. The van der Waals surface area contributed by atoms with Gasteiger partial charge < -0.3 is 20.6 Å². The molecule has 0 radical (unpaired) electrons. The Balaban J connectivity index is 2.14. The lowest BCUT2D eigenvalue weighted by atomic mass is 10.1. The average Bonchev–Trinajstić information content (AvgIpc) is 2.80. The van der Waals surface area contributed by atoms with Gasteiger partial charge in [-0.25, -0.2) is 4.98 Å². The van der Waals surface area contributed by atoms with E-state index in [0.717, 1.165) is 0 Å². The standard InChI is InChI=1S/C16H20FN3O4/c1-18-14(22)7-11-15(23)16(24)12(9-21)20(11)6-2-3-10-4-5-13(17)19-8-10/h4-5,8,11-12,15-16,21,23-24H,6-7,9H2,1H3,(H,18,22)/t11?,12-,15-,16-/m1/s1. The smallest absolute Gasteiger partial charge is 0.221 e. The number of pyridine rings is 1. The molecule has 1 aliphatic heterocycles. The summed E-state index contributed by atoms with van der Waals surface area (Å²) >= 11 is 0. The van der Waals surface area contributed by atoms with Gasteiger partial charge in [0.05, 0.1) is 31.4 Å². The number of likely N-dealkylation sites (tertiary alicyclic amines) is 1. The van der Waals surface area contributed by atoms with E-state index in [4.69, 9.17) is 0 Å². The van der Waals surface area contributed by atoms with Gasteiger partial charge in [-0.2, -0.15) is 4.39 Å². The van der Waals surface area contributed by atoms with Crippen LogP contribution in [0.1, 0.15) is 12.0 Å². The van der Waals surface area contributed by atoms with E-state index < -0.39 is 30.2 Å². The summed E-state index contributed by atoms with van der Waals surface area (Å²) < 4.78 is 12.8. The maximum atomic E-state index is 12.8. The van der Waals surface area contributed by atoms with E-state index in [9.17, 15) is 24.5 Å². The van der Waals surface area contributed by atoms with Gasteiger partial charge in [-0.3, -0.25) is 9.69 Å². The first kappa shape index (κ1) is 18.3. The predicted octanol–water partition coefficient (Wildman–Crippen LogP) is -1.52. The molecule has 2 rings (SSSR count). The van der Waals surface area contributed by atoms with Gasteiger partial charge in [-0.1, -0.05) is 11.8 Å². The van der Waals surface area contributed by atoms with Crippen LogP contribution in [0.25, 0.3) is 0 Å². The van der Waals surface area contributed by atoms with Crippen LogP contribution in [0.15, 0.2) is 18.3 Å². The second kappa shape index (κ2) is 8.17. The molecule has 24 heavy (non-hydrogen) atoms. The molecule has 1 unspecified atom stereocenters. The van der Waals surface area contributed by atoms with Crippen molar-refractivity contribution in [3.05, 3.63) is 29.8 Å². The minimum atomic E-state index is -1.17. The van der Waals surface area contributed by atoms with E-state index in [-0.39, 0.29) is 25.5 Å². The molecule has 2 heterocycles. The van der Waals surface area contributed by atoms with Crippen molar-refractivity contribution in [2.24, 2.45) is 0 Å². The highest BCUT2D eigenvalue weighted by molar-refractivity contribution is 5.76. The van der Waals surface area contributed by atoms with Gasteiger partial charge in [-0.05, 0) is 12.1 Å². The molecule has 7 nitrogen and oxygen atoms in total. The number of nitrogens with one attached hydrogen (secondary N) is 1. The van der Waals surface area contributed by atoms with Crippen molar-refractivity contribution in [2.45, 2.75) is 30.7 Å². The van der Waals surface area contributed by atoms with Gasteiger partial charge in [0.25, 0.3) is 0 Å². The van der Waals surface area contributed by atoms with E-state index in [1.54, 1.807) is 4.90 Å². The first-order valence-electron chi connectivity index (χ1n) is 7.51. The summed E-state index contributed by atoms with van der Waals surface area (Å²) in [5.41, 5.74) is 0.514. The van der Waals surface area contributed by atoms with Crippen molar-refractivity contribution in [2.75, 3.05) is 20.2 Å². The first-order chi connectivity index (χ1) is 11.5. The van der Waals surface area contributed by atoms with Crippen molar-refractivity contribution in [3.63, 3.8) is 0 Å². The molecule has 0 aliphatic carbocycles. The monoisotopic (exact) mass is 337 g/mol. The minimum absolute atomic E-state index is 0.0228. The Morgan fingerprint density at radius 1 is 1.38 bits per heavy atom. The van der Waals surface area contributed by atoms with E-state index in [0.29, 0.717) is 5.56 Å². The number of aliphatic hydroxyl groups is 3. The fourth-order valence-electron chi connectivity index (χ4n) is 2.75. The van der Waals surface area contributed by atoms with Gasteiger partial charge in [0, 0.05) is 31.3 Å². The van der Waals surface area contributed by atoms with Crippen molar-refractivity contribution >= 4 is 5.91 Å². The number of amides is 1. The van der Waals surface area contributed by atoms with Crippen LogP contribution in [-0.4, -0.2) is 75.6 Å². The summed E-state index contributed by atoms with van der Waals surface area (Å²) in [6, 6.07) is 1.31. The van der Waals surface area contributed by atoms with Crippen LogP contribution in [-0.2, 0) is 4.79 Å². The minimum Gasteiger partial charge on any atom is -0.395 e. The van der Waals surface area contributed by atoms with E-state index >= 15 is 0 Å². The summed E-state index contributed by atoms with van der Waals surface area (Å²) in [6.45, 7) is -0.249. The zero-order chi connectivity index (χ0) is 17.7. The Kier molecular flexibility index (Phi) is 6.23. The third-order valence-electron chi connectivity index (χ3n) is 4.07. The lowest BCUT2D eigenvalue weighted by molar-refractivity contribution is -0.122. The normalized spacial score (nSPS) is 26.7. The van der Waals surface area contributed by atoms with Crippen LogP contribution < -0.4 is 5.32 Å². The lowest BCUT2D eigenvalue weighted by Crippen LogP contribution is -2.43. The van der Waals surface area contributed by atoms with Gasteiger partial charge in [0.15, 0.2) is 0 Å². The highest BCUT2D eigenvalue weighted by Gasteiger charge is 2.47. The van der Waals surface area contributed by atoms with Crippen LogP contribution in [0, 0.1) is 17.8 Å². The summed E-state index contributed by atoms with van der Waals surface area (Å²) in [4.78, 5) is 16.7. The van der Waals surface area contributed by atoms with Gasteiger partial charge in [0.2, 0.25) is 11.9 Å². The molecule has 130 valence electrons. The second-order valence-corrected chi connectivity index (χ2v) is 5.52. The summed E-state index contributed by atoms with van der Waals surface area (Å²) in [6.07, 6.45) is -1.06. The third-order valence-corrected chi connectivity index (χ3v) is 4.07. The largest absolute Gasteiger partial charge is 0.395 e. The Morgan fingerprint density at radius 2 is 2.08 bits per heavy atom. The summed E-state index contributed by atoms with van der Waals surface area (Å²) in [5.74, 6) is 4.75. The number of nitrogens with zero attached hydrogens (tertiary/aromatic N) is 2. The molecule has 8 heteroatoms. The van der Waals surface area contributed by atoms with Gasteiger partial charge in [-0.15, -0.1) is 0 Å². The maximum absolute atomic E-state index is 12.8. The molecule has 1 amide bonds. The van der Waals surface area contributed by atoms with Gasteiger partial charge in [0.1, 0.15) is 0 Å². The van der Waals surface area contributed by atoms with Crippen LogP contribution in [0.3, 0.4) is 0 Å². The molecule has 4 N–H and O–H groups in total. The number of carbonyl (C=O) groups excluding carboxylic acids is 1. The molecule has 0 aromatic carbocycles. The topological polar surface area (TPSA) is 106 Å². The van der Waals surface area contributed by atoms with Crippen molar-refractivity contribution < 1.29 is 24.5 Å². The number of rotatable bonds is 4. The van der Waals surface area contributed by atoms with Crippen LogP contribution in [0.4, 0.5) is 4.39 Å². The van der Waals surface area contributed by atoms with Crippen LogP contribution >= 0.6 is 0 Å². The first-order valence-corrected chi connectivity index (χ1v) is 7.51. The SMILES string of the molecule is CNC(=O)CC1[C@@H](O)[C@H](O)[C@@H](CO)N1CC#Cc1ccc(F)nc1. The van der Waals surface area contributed by atoms with Crippen molar-refractivity contribution in [3.8, 4) is 11.8 Å². The Labute approximate surface area is 139 Å². The molecule has 0 bridgehead atoms.